The van der Waals surface area contributed by atoms with Crippen molar-refractivity contribution in [2.24, 2.45) is 0 Å². The van der Waals surface area contributed by atoms with Gasteiger partial charge in [-0.15, -0.1) is 0 Å². The van der Waals surface area contributed by atoms with Gasteiger partial charge in [0.1, 0.15) is 12.2 Å². The monoisotopic (exact) mass is 542 g/mol. The number of carbonyl (C=O) groups excluding carboxylic acids is 1. The highest BCUT2D eigenvalue weighted by atomic mass is 16.3. The molecular weight excluding hydrogens is 504 g/mol. The van der Waals surface area contributed by atoms with Gasteiger partial charge in [-0.1, -0.05) is 6.92 Å². The number of hydrogen-bond acceptors (Lipinski definition) is 11. The van der Waals surface area contributed by atoms with Crippen molar-refractivity contribution < 1.29 is 20.1 Å². The van der Waals surface area contributed by atoms with Crippen LogP contribution in [0.5, 0.6) is 0 Å². The maximum Gasteiger partial charge on any atom is 0.229 e. The maximum absolute atomic E-state index is 12.0. The number of imidazole rings is 2. The molecule has 14 nitrogen and oxygen atoms in total. The zero-order chi connectivity index (χ0) is 27.7. The van der Waals surface area contributed by atoms with Crippen molar-refractivity contribution in [3.8, 4) is 0 Å². The number of aliphatic hydroxyl groups is 3. The smallest absolute Gasteiger partial charge is 0.229 e. The van der Waals surface area contributed by atoms with Gasteiger partial charge in [0, 0.05) is 43.9 Å². The molecule has 14 heteroatoms. The molecule has 1 saturated carbocycles. The van der Waals surface area contributed by atoms with E-state index in [0.717, 1.165) is 25.2 Å². The third kappa shape index (κ3) is 5.55. The second kappa shape index (κ2) is 11.4. The van der Waals surface area contributed by atoms with Crippen molar-refractivity contribution in [1.29, 1.82) is 0 Å². The molecule has 1 aliphatic carbocycles. The summed E-state index contributed by atoms with van der Waals surface area (Å²) in [5.41, 5.74) is 1.87. The minimum absolute atomic E-state index is 0.140. The molecular formula is C25H38N10O4. The van der Waals surface area contributed by atoms with Gasteiger partial charge in [-0.2, -0.15) is 9.97 Å². The normalized spacial score (nSPS) is 26.0. The summed E-state index contributed by atoms with van der Waals surface area (Å²) in [6.45, 7) is 3.15. The average molecular weight is 543 g/mol. The molecule has 1 saturated heterocycles. The quantitative estimate of drug-likeness (QED) is 0.190. The summed E-state index contributed by atoms with van der Waals surface area (Å²) in [5, 5.41) is 37.9. The Bertz CT molecular complexity index is 1270. The van der Waals surface area contributed by atoms with Gasteiger partial charge in [-0.3, -0.25) is 4.79 Å². The Morgan fingerprint density at radius 2 is 2.10 bits per heavy atom. The number of amides is 1. The van der Waals surface area contributed by atoms with Crippen LogP contribution in [0, 0.1) is 0 Å². The molecule has 0 radical (unpaired) electrons. The Balaban J connectivity index is 1.50. The average Bonchev–Trinajstić information content (AvgIpc) is 3.73. The number of carbonyl (C=O) groups is 1. The highest BCUT2D eigenvalue weighted by Gasteiger charge is 2.44. The third-order valence-electron chi connectivity index (χ3n) is 7.85. The van der Waals surface area contributed by atoms with Gasteiger partial charge in [0.05, 0.1) is 37.4 Å². The number of fused-ring (bicyclic) bond motifs is 1. The van der Waals surface area contributed by atoms with Crippen LogP contribution in [0.15, 0.2) is 18.9 Å². The van der Waals surface area contributed by atoms with Crippen LogP contribution in [0.1, 0.15) is 37.9 Å². The van der Waals surface area contributed by atoms with Crippen molar-refractivity contribution in [1.82, 2.24) is 39.7 Å². The van der Waals surface area contributed by atoms with Crippen LogP contribution in [0.4, 0.5) is 11.8 Å². The zero-order valence-electron chi connectivity index (χ0n) is 22.5. The van der Waals surface area contributed by atoms with Gasteiger partial charge in [0.2, 0.25) is 11.9 Å². The molecule has 1 amide bonds. The van der Waals surface area contributed by atoms with Crippen LogP contribution in [-0.4, -0.2) is 120 Å². The lowest BCUT2D eigenvalue weighted by Crippen LogP contribution is -2.42. The molecule has 212 valence electrons. The summed E-state index contributed by atoms with van der Waals surface area (Å²) in [6.07, 6.45) is 4.76. The Kier molecular flexibility index (Phi) is 7.98. The number of rotatable bonds is 10. The molecule has 6 atom stereocenters. The fourth-order valence-corrected chi connectivity index (χ4v) is 5.49. The molecule has 3 aromatic heterocycles. The summed E-state index contributed by atoms with van der Waals surface area (Å²) >= 11 is 0. The topological polar surface area (TPSA) is 181 Å². The van der Waals surface area contributed by atoms with E-state index in [1.807, 2.05) is 0 Å². The van der Waals surface area contributed by atoms with Crippen LogP contribution in [0.2, 0.25) is 0 Å². The molecule has 39 heavy (non-hydrogen) atoms. The molecule has 1 aliphatic heterocycles. The zero-order valence-corrected chi connectivity index (χ0v) is 22.5. The van der Waals surface area contributed by atoms with E-state index in [-0.39, 0.29) is 25.0 Å². The van der Waals surface area contributed by atoms with Gasteiger partial charge in [0.15, 0.2) is 17.0 Å². The Morgan fingerprint density at radius 3 is 2.77 bits per heavy atom. The number of nitrogens with zero attached hydrogens (tertiary/aromatic N) is 7. The Morgan fingerprint density at radius 1 is 1.28 bits per heavy atom. The summed E-state index contributed by atoms with van der Waals surface area (Å²) in [5.74, 6) is 0.818. The first-order valence-corrected chi connectivity index (χ1v) is 13.4. The minimum atomic E-state index is -1.12. The van der Waals surface area contributed by atoms with Gasteiger partial charge in [-0.05, 0) is 26.9 Å². The first-order valence-electron chi connectivity index (χ1n) is 13.4. The van der Waals surface area contributed by atoms with E-state index in [2.05, 4.69) is 49.5 Å². The summed E-state index contributed by atoms with van der Waals surface area (Å²) in [7, 11) is 4.12. The summed E-state index contributed by atoms with van der Waals surface area (Å²) in [6, 6.07) is -1.12. The lowest BCUT2D eigenvalue weighted by atomic mass is 10.2. The van der Waals surface area contributed by atoms with E-state index in [1.165, 1.54) is 0 Å². The number of hydrogen-bond donors (Lipinski definition) is 6. The number of aromatic nitrogens is 6. The molecule has 6 N–H and O–H groups in total. The lowest BCUT2D eigenvalue weighted by Gasteiger charge is -2.23. The molecule has 5 rings (SSSR count). The largest absolute Gasteiger partial charge is 0.394 e. The van der Waals surface area contributed by atoms with Crippen molar-refractivity contribution in [2.75, 3.05) is 44.0 Å². The second-order valence-corrected chi connectivity index (χ2v) is 10.7. The molecule has 4 heterocycles. The van der Waals surface area contributed by atoms with Crippen molar-refractivity contribution in [3.05, 3.63) is 24.5 Å². The van der Waals surface area contributed by atoms with E-state index in [1.54, 1.807) is 30.3 Å². The van der Waals surface area contributed by atoms with Crippen LogP contribution in [0.3, 0.4) is 0 Å². The fraction of sp³-hybridized carbons (Fsp3) is 0.640. The first kappa shape index (κ1) is 27.2. The third-order valence-corrected chi connectivity index (χ3v) is 7.85. The van der Waals surface area contributed by atoms with Crippen LogP contribution in [-0.2, 0) is 11.2 Å². The van der Waals surface area contributed by atoms with E-state index < -0.39 is 24.3 Å². The van der Waals surface area contributed by atoms with E-state index in [0.29, 0.717) is 41.8 Å². The summed E-state index contributed by atoms with van der Waals surface area (Å²) in [4.78, 5) is 37.7. The number of nitrogens with one attached hydrogen (secondary N) is 3. The Labute approximate surface area is 226 Å². The number of likely N-dealkylation sites (N-methyl/N-ethyl adjacent to an activating group) is 1. The van der Waals surface area contributed by atoms with Crippen LogP contribution < -0.4 is 15.5 Å². The number of anilines is 2. The van der Waals surface area contributed by atoms with E-state index >= 15 is 0 Å². The molecule has 2 aliphatic rings. The molecule has 0 spiro atoms. The Hall–Kier alpha value is -3.33. The molecule has 3 aromatic rings. The molecule has 0 aromatic carbocycles. The number of aromatic amines is 1. The van der Waals surface area contributed by atoms with Gasteiger partial charge < -0.3 is 45.3 Å². The molecule has 0 bridgehead atoms. The van der Waals surface area contributed by atoms with Gasteiger partial charge in [0.25, 0.3) is 0 Å². The number of aliphatic hydroxyl groups excluding tert-OH is 3. The van der Waals surface area contributed by atoms with Crippen molar-refractivity contribution in [2.45, 2.75) is 69.0 Å². The predicted octanol–water partition coefficient (Wildman–Crippen LogP) is -0.733. The SMILES string of the molecule is CCC(=O)NC1C[C@@H](n2cnc3c(N[C@H](CO)Cc4cnc[nH]4)nc(N4CC[C@@H](N(C)C)C4)nc32)[C@H](O)[C@@H]1O. The standard InChI is InChI=1S/C25H38N10O4/c1-4-19(37)30-17-8-18(22(39)21(17)38)35-13-28-20-23(29-15(11-36)7-14-9-26-12-27-14)31-25(32-24(20)35)34-6-5-16(10-34)33(2)3/h9,12-13,15-18,21-22,36,38-39H,4-8,10-11H2,1-3H3,(H,26,27)(H,30,37)(H,29,31,32)/t15-,16+,17?,18+,21+,22-/m0/s1. The van der Waals surface area contributed by atoms with Crippen LogP contribution in [0.25, 0.3) is 11.2 Å². The van der Waals surface area contributed by atoms with Crippen molar-refractivity contribution in [3.63, 3.8) is 0 Å². The highest BCUT2D eigenvalue weighted by molar-refractivity contribution is 5.85. The fourth-order valence-electron chi connectivity index (χ4n) is 5.49. The van der Waals surface area contributed by atoms with Gasteiger partial charge in [-0.25, -0.2) is 9.97 Å². The van der Waals surface area contributed by atoms with Crippen LogP contribution >= 0.6 is 0 Å². The minimum Gasteiger partial charge on any atom is -0.394 e. The lowest BCUT2D eigenvalue weighted by molar-refractivity contribution is -0.122. The van der Waals surface area contributed by atoms with Gasteiger partial charge >= 0.3 is 0 Å². The maximum atomic E-state index is 12.0. The van der Waals surface area contributed by atoms with E-state index in [9.17, 15) is 20.1 Å². The molecule has 2 fully saturated rings. The predicted molar refractivity (Wildman–Crippen MR) is 144 cm³/mol. The molecule has 1 unspecified atom stereocenters. The number of H-pyrrole nitrogens is 1. The second-order valence-electron chi connectivity index (χ2n) is 10.7. The highest BCUT2D eigenvalue weighted by Crippen LogP contribution is 2.35. The van der Waals surface area contributed by atoms with E-state index in [4.69, 9.17) is 9.97 Å². The van der Waals surface area contributed by atoms with Crippen molar-refractivity contribution >= 4 is 28.8 Å². The first-order chi connectivity index (χ1) is 18.8. The summed E-state index contributed by atoms with van der Waals surface area (Å²) < 4.78 is 1.76.